The van der Waals surface area contributed by atoms with Gasteiger partial charge in [-0.3, -0.25) is 9.17 Å². The molecule has 0 radical (unpaired) electrons. The Labute approximate surface area is 168 Å². The zero-order valence-electron chi connectivity index (χ0n) is 15.8. The summed E-state index contributed by atoms with van der Waals surface area (Å²) >= 11 is 6.25. The highest BCUT2D eigenvalue weighted by Crippen LogP contribution is 2.34. The monoisotopic (exact) mass is 423 g/mol. The summed E-state index contributed by atoms with van der Waals surface area (Å²) in [6.45, 7) is 2.64. The fourth-order valence-corrected chi connectivity index (χ4v) is 4.42. The Morgan fingerprint density at radius 2 is 2.18 bits per heavy atom. The molecule has 0 spiro atoms. The summed E-state index contributed by atoms with van der Waals surface area (Å²) in [6, 6.07) is 5.80. The molecule has 4 rings (SSSR count). The summed E-state index contributed by atoms with van der Waals surface area (Å²) in [7, 11) is -3.50. The molecule has 0 unspecified atom stereocenters. The lowest BCUT2D eigenvalue weighted by Gasteiger charge is -2.31. The number of imidazole rings is 1. The summed E-state index contributed by atoms with van der Waals surface area (Å²) in [5, 5.41) is 1.62. The van der Waals surface area contributed by atoms with E-state index in [1.54, 1.807) is 6.20 Å². The van der Waals surface area contributed by atoms with E-state index >= 15 is 0 Å². The molecule has 0 amide bonds. The molecule has 1 aromatic carbocycles. The topological polar surface area (TPSA) is 83.3 Å². The van der Waals surface area contributed by atoms with Crippen molar-refractivity contribution in [3.63, 3.8) is 0 Å². The van der Waals surface area contributed by atoms with Gasteiger partial charge in [-0.25, -0.2) is 4.98 Å². The molecule has 2 aromatic heterocycles. The van der Waals surface area contributed by atoms with Crippen LogP contribution < -0.4 is 0 Å². The second-order valence-electron chi connectivity index (χ2n) is 7.06. The Bertz CT molecular complexity index is 1130. The van der Waals surface area contributed by atoms with Crippen LogP contribution in [-0.2, 0) is 25.5 Å². The van der Waals surface area contributed by atoms with Gasteiger partial charge in [-0.2, -0.15) is 8.42 Å². The molecular formula is C19H22ClN3O4S. The molecule has 7 nitrogen and oxygen atoms in total. The summed E-state index contributed by atoms with van der Waals surface area (Å²) in [5.74, 6) is 0.971. The van der Waals surface area contributed by atoms with Crippen molar-refractivity contribution in [1.29, 1.82) is 0 Å². The highest BCUT2D eigenvalue weighted by atomic mass is 35.5. The van der Waals surface area contributed by atoms with Gasteiger partial charge in [0, 0.05) is 29.5 Å². The molecule has 1 fully saturated rings. The van der Waals surface area contributed by atoms with Gasteiger partial charge in [0.2, 0.25) is 0 Å². The SMILES string of the molecule is CCc1nc2cnc3ccc(Cl)cc3c2n1[C@H]1CCO[C@@H](COS(C)(=O)=O)C1. The Kier molecular flexibility index (Phi) is 5.30. The lowest BCUT2D eigenvalue weighted by atomic mass is 10.0. The number of fused-ring (bicyclic) bond motifs is 3. The van der Waals surface area contributed by atoms with Crippen molar-refractivity contribution in [2.75, 3.05) is 19.5 Å². The van der Waals surface area contributed by atoms with Crippen LogP contribution in [0.5, 0.6) is 0 Å². The maximum absolute atomic E-state index is 11.3. The maximum Gasteiger partial charge on any atom is 0.264 e. The summed E-state index contributed by atoms with van der Waals surface area (Å²) in [6.07, 6.45) is 4.81. The molecule has 1 aliphatic heterocycles. The minimum atomic E-state index is -3.50. The lowest BCUT2D eigenvalue weighted by Crippen LogP contribution is -2.32. The van der Waals surface area contributed by atoms with Crippen LogP contribution in [0.4, 0.5) is 0 Å². The van der Waals surface area contributed by atoms with Gasteiger partial charge in [-0.15, -0.1) is 0 Å². The summed E-state index contributed by atoms with van der Waals surface area (Å²) in [5.41, 5.74) is 2.71. The number of nitrogens with zero attached hydrogens (tertiary/aromatic N) is 3. The third kappa shape index (κ3) is 3.87. The van der Waals surface area contributed by atoms with Crippen LogP contribution in [0.15, 0.2) is 24.4 Å². The van der Waals surface area contributed by atoms with Crippen molar-refractivity contribution in [2.24, 2.45) is 0 Å². The second kappa shape index (κ2) is 7.59. The zero-order valence-corrected chi connectivity index (χ0v) is 17.3. The van der Waals surface area contributed by atoms with E-state index in [1.807, 2.05) is 18.2 Å². The number of ether oxygens (including phenoxy) is 1. The van der Waals surface area contributed by atoms with E-state index in [0.717, 1.165) is 46.9 Å². The number of benzene rings is 1. The number of rotatable bonds is 5. The zero-order chi connectivity index (χ0) is 19.9. The molecular weight excluding hydrogens is 402 g/mol. The first-order valence-electron chi connectivity index (χ1n) is 9.27. The quantitative estimate of drug-likeness (QED) is 0.584. The smallest absolute Gasteiger partial charge is 0.264 e. The molecule has 3 heterocycles. The standard InChI is InChI=1S/C19H22ClN3O4S/c1-3-18-22-17-10-21-16-5-4-12(20)8-15(16)19(17)23(18)13-6-7-26-14(9-13)11-27-28(2,24)25/h4-5,8,10,13-14H,3,6-7,9,11H2,1-2H3/t13-,14+/m0/s1. The molecule has 3 aromatic rings. The van der Waals surface area contributed by atoms with E-state index in [0.29, 0.717) is 18.1 Å². The third-order valence-electron chi connectivity index (χ3n) is 5.04. The van der Waals surface area contributed by atoms with E-state index in [2.05, 4.69) is 16.5 Å². The first-order valence-corrected chi connectivity index (χ1v) is 11.5. The van der Waals surface area contributed by atoms with Gasteiger partial charge in [0.05, 0.1) is 36.2 Å². The van der Waals surface area contributed by atoms with Crippen LogP contribution in [0, 0.1) is 0 Å². The molecule has 150 valence electrons. The molecule has 0 aliphatic carbocycles. The molecule has 0 saturated carbocycles. The third-order valence-corrected chi connectivity index (χ3v) is 5.84. The Morgan fingerprint density at radius 3 is 2.93 bits per heavy atom. The predicted octanol–water partition coefficient (Wildman–Crippen LogP) is 3.50. The van der Waals surface area contributed by atoms with Crippen LogP contribution in [0.3, 0.4) is 0 Å². The van der Waals surface area contributed by atoms with Crippen molar-refractivity contribution in [1.82, 2.24) is 14.5 Å². The second-order valence-corrected chi connectivity index (χ2v) is 9.15. The van der Waals surface area contributed by atoms with Crippen LogP contribution in [-0.4, -0.2) is 48.5 Å². The van der Waals surface area contributed by atoms with Gasteiger partial charge >= 0.3 is 0 Å². The number of aromatic nitrogens is 3. The van der Waals surface area contributed by atoms with Gasteiger partial charge in [0.25, 0.3) is 10.1 Å². The Hall–Kier alpha value is -1.74. The van der Waals surface area contributed by atoms with E-state index < -0.39 is 10.1 Å². The van der Waals surface area contributed by atoms with Crippen molar-refractivity contribution < 1.29 is 17.3 Å². The number of hydrogen-bond acceptors (Lipinski definition) is 6. The maximum atomic E-state index is 11.3. The number of aryl methyl sites for hydroxylation is 1. The van der Waals surface area contributed by atoms with E-state index in [9.17, 15) is 8.42 Å². The Balaban J connectivity index is 1.77. The minimum Gasteiger partial charge on any atom is -0.376 e. The minimum absolute atomic E-state index is 0.0253. The summed E-state index contributed by atoms with van der Waals surface area (Å²) in [4.78, 5) is 9.30. The van der Waals surface area contributed by atoms with Gasteiger partial charge < -0.3 is 9.30 Å². The van der Waals surface area contributed by atoms with Gasteiger partial charge in [0.1, 0.15) is 11.3 Å². The fourth-order valence-electron chi connectivity index (χ4n) is 3.85. The van der Waals surface area contributed by atoms with Gasteiger partial charge in [-0.1, -0.05) is 18.5 Å². The molecule has 28 heavy (non-hydrogen) atoms. The number of halogens is 1. The average Bonchev–Trinajstić information content (AvgIpc) is 3.05. The normalized spacial score (nSPS) is 20.8. The van der Waals surface area contributed by atoms with Crippen molar-refractivity contribution in [2.45, 2.75) is 38.3 Å². The van der Waals surface area contributed by atoms with E-state index in [1.165, 1.54) is 0 Å². The lowest BCUT2D eigenvalue weighted by molar-refractivity contribution is -0.0276. The number of hydrogen-bond donors (Lipinski definition) is 0. The molecule has 0 N–H and O–H groups in total. The van der Waals surface area contributed by atoms with E-state index in [-0.39, 0.29) is 18.8 Å². The fraction of sp³-hybridized carbons (Fsp3) is 0.474. The first kappa shape index (κ1) is 19.6. The molecule has 2 atom stereocenters. The van der Waals surface area contributed by atoms with Crippen LogP contribution >= 0.6 is 11.6 Å². The Morgan fingerprint density at radius 1 is 1.36 bits per heavy atom. The van der Waals surface area contributed by atoms with E-state index in [4.69, 9.17) is 25.5 Å². The molecule has 1 saturated heterocycles. The summed E-state index contributed by atoms with van der Waals surface area (Å²) < 4.78 is 35.6. The largest absolute Gasteiger partial charge is 0.376 e. The average molecular weight is 424 g/mol. The van der Waals surface area contributed by atoms with Crippen LogP contribution in [0.2, 0.25) is 5.02 Å². The van der Waals surface area contributed by atoms with Gasteiger partial charge in [0.15, 0.2) is 0 Å². The van der Waals surface area contributed by atoms with Crippen LogP contribution in [0.1, 0.15) is 31.6 Å². The molecule has 1 aliphatic rings. The van der Waals surface area contributed by atoms with Crippen molar-refractivity contribution in [3.8, 4) is 0 Å². The van der Waals surface area contributed by atoms with Gasteiger partial charge in [-0.05, 0) is 31.0 Å². The molecule has 0 bridgehead atoms. The highest BCUT2D eigenvalue weighted by molar-refractivity contribution is 7.85. The number of pyridine rings is 1. The van der Waals surface area contributed by atoms with Crippen molar-refractivity contribution in [3.05, 3.63) is 35.2 Å². The van der Waals surface area contributed by atoms with Crippen molar-refractivity contribution >= 4 is 43.7 Å². The van der Waals surface area contributed by atoms with Crippen LogP contribution in [0.25, 0.3) is 21.9 Å². The first-order chi connectivity index (χ1) is 13.4. The predicted molar refractivity (Wildman–Crippen MR) is 108 cm³/mol. The highest BCUT2D eigenvalue weighted by Gasteiger charge is 2.28. The molecule has 9 heteroatoms.